The van der Waals surface area contributed by atoms with Gasteiger partial charge in [0.25, 0.3) is 0 Å². The third kappa shape index (κ3) is 3.20. The maximum absolute atomic E-state index is 11.1. The van der Waals surface area contributed by atoms with Gasteiger partial charge in [0, 0.05) is 23.2 Å². The molecule has 3 aromatic rings. The second-order valence-electron chi connectivity index (χ2n) is 5.42. The Kier molecular flexibility index (Phi) is 3.80. The number of pyridine rings is 1. The Morgan fingerprint density at radius 2 is 2.09 bits per heavy atom. The van der Waals surface area contributed by atoms with Crippen LogP contribution in [0.3, 0.4) is 0 Å². The van der Waals surface area contributed by atoms with Crippen molar-refractivity contribution in [1.82, 2.24) is 15.2 Å². The van der Waals surface area contributed by atoms with Gasteiger partial charge in [-0.2, -0.15) is 5.10 Å². The van der Waals surface area contributed by atoms with E-state index in [9.17, 15) is 10.1 Å². The molecule has 0 spiro atoms. The van der Waals surface area contributed by atoms with E-state index in [1.54, 1.807) is 12.3 Å². The van der Waals surface area contributed by atoms with E-state index in [2.05, 4.69) is 25.8 Å². The lowest BCUT2D eigenvalue weighted by Crippen LogP contribution is -2.13. The van der Waals surface area contributed by atoms with Gasteiger partial charge in [-0.15, -0.1) is 0 Å². The van der Waals surface area contributed by atoms with Gasteiger partial charge in [-0.3, -0.25) is 15.2 Å². The van der Waals surface area contributed by atoms with Crippen LogP contribution >= 0.6 is 0 Å². The fraction of sp³-hybridized carbons (Fsp3) is 0.200. The minimum absolute atomic E-state index is 0.0405. The molecule has 0 atom stereocenters. The van der Waals surface area contributed by atoms with E-state index in [1.807, 2.05) is 32.0 Å². The van der Waals surface area contributed by atoms with Gasteiger partial charge in [0.05, 0.1) is 16.6 Å². The number of aromatic amines is 1. The second kappa shape index (κ2) is 5.91. The Morgan fingerprint density at radius 3 is 2.83 bits per heavy atom. The van der Waals surface area contributed by atoms with Crippen LogP contribution < -0.4 is 10.6 Å². The number of fused-ring (bicyclic) bond motifs is 1. The third-order valence-corrected chi connectivity index (χ3v) is 3.21. The molecule has 8 heteroatoms. The average molecular weight is 312 g/mol. The molecular formula is C15H16N6O2. The van der Waals surface area contributed by atoms with E-state index in [1.165, 1.54) is 6.07 Å². The molecule has 0 saturated carbocycles. The van der Waals surface area contributed by atoms with E-state index in [0.29, 0.717) is 5.82 Å². The SMILES string of the molecule is CC(C)Nc1nc(Nc2ccc3[nH]ncc3c2)ccc1[N+](=O)[O-]. The molecule has 0 saturated heterocycles. The van der Waals surface area contributed by atoms with Gasteiger partial charge in [-0.25, -0.2) is 4.98 Å². The molecule has 0 amide bonds. The highest BCUT2D eigenvalue weighted by molar-refractivity contribution is 5.82. The number of benzene rings is 1. The number of hydrogen-bond donors (Lipinski definition) is 3. The summed E-state index contributed by atoms with van der Waals surface area (Å²) in [5.41, 5.74) is 1.72. The summed E-state index contributed by atoms with van der Waals surface area (Å²) in [7, 11) is 0. The molecule has 0 unspecified atom stereocenters. The van der Waals surface area contributed by atoms with Crippen molar-refractivity contribution < 1.29 is 4.92 Å². The molecule has 3 N–H and O–H groups in total. The monoisotopic (exact) mass is 312 g/mol. The van der Waals surface area contributed by atoms with E-state index in [0.717, 1.165) is 16.6 Å². The zero-order valence-corrected chi connectivity index (χ0v) is 12.7. The molecule has 3 rings (SSSR count). The standard InChI is InChI=1S/C15H16N6O2/c1-9(2)17-15-13(21(22)23)5-6-14(19-15)18-11-3-4-12-10(7-11)8-16-20-12/h3-9H,1-2H3,(H,16,20)(H2,17,18,19). The quantitative estimate of drug-likeness (QED) is 0.492. The lowest BCUT2D eigenvalue weighted by atomic mass is 10.2. The maximum Gasteiger partial charge on any atom is 0.311 e. The number of rotatable bonds is 5. The largest absolute Gasteiger partial charge is 0.362 e. The topological polar surface area (TPSA) is 109 Å². The zero-order valence-electron chi connectivity index (χ0n) is 12.7. The van der Waals surface area contributed by atoms with Crippen LogP contribution in [0.25, 0.3) is 10.9 Å². The summed E-state index contributed by atoms with van der Waals surface area (Å²) in [6.45, 7) is 3.80. The first-order valence-corrected chi connectivity index (χ1v) is 7.15. The number of nitrogens with zero attached hydrogens (tertiary/aromatic N) is 3. The predicted molar refractivity (Wildman–Crippen MR) is 89.0 cm³/mol. The molecule has 0 aliphatic heterocycles. The summed E-state index contributed by atoms with van der Waals surface area (Å²) in [6.07, 6.45) is 1.73. The van der Waals surface area contributed by atoms with Crippen molar-refractivity contribution in [3.63, 3.8) is 0 Å². The molecule has 0 fully saturated rings. The average Bonchev–Trinajstić information content (AvgIpc) is 2.94. The van der Waals surface area contributed by atoms with Gasteiger partial charge in [-0.1, -0.05) is 0 Å². The van der Waals surface area contributed by atoms with Crippen LogP contribution in [0, 0.1) is 10.1 Å². The van der Waals surface area contributed by atoms with E-state index >= 15 is 0 Å². The van der Waals surface area contributed by atoms with Crippen LogP contribution in [-0.4, -0.2) is 26.1 Å². The van der Waals surface area contributed by atoms with E-state index in [-0.39, 0.29) is 17.5 Å². The van der Waals surface area contributed by atoms with Crippen molar-refractivity contribution in [3.05, 3.63) is 46.6 Å². The maximum atomic E-state index is 11.1. The Labute approximate surface area is 132 Å². The number of hydrogen-bond acceptors (Lipinski definition) is 6. The molecule has 0 aliphatic carbocycles. The van der Waals surface area contributed by atoms with Crippen molar-refractivity contribution >= 4 is 33.9 Å². The first-order chi connectivity index (χ1) is 11.0. The first-order valence-electron chi connectivity index (χ1n) is 7.15. The molecular weight excluding hydrogens is 296 g/mol. The summed E-state index contributed by atoms with van der Waals surface area (Å²) in [4.78, 5) is 14.9. The lowest BCUT2D eigenvalue weighted by molar-refractivity contribution is -0.384. The van der Waals surface area contributed by atoms with Crippen LogP contribution in [0.1, 0.15) is 13.8 Å². The van der Waals surface area contributed by atoms with Crippen molar-refractivity contribution in [1.29, 1.82) is 0 Å². The number of H-pyrrole nitrogens is 1. The molecule has 23 heavy (non-hydrogen) atoms. The summed E-state index contributed by atoms with van der Waals surface area (Å²) in [6, 6.07) is 8.79. The van der Waals surface area contributed by atoms with Gasteiger partial charge < -0.3 is 10.6 Å². The summed E-state index contributed by atoms with van der Waals surface area (Å²) in [5, 5.41) is 25.1. The lowest BCUT2D eigenvalue weighted by Gasteiger charge is -2.12. The number of aromatic nitrogens is 3. The molecule has 2 heterocycles. The van der Waals surface area contributed by atoms with Gasteiger partial charge >= 0.3 is 5.69 Å². The molecule has 2 aromatic heterocycles. The normalized spacial score (nSPS) is 10.9. The van der Waals surface area contributed by atoms with Gasteiger partial charge in [0.2, 0.25) is 5.82 Å². The van der Waals surface area contributed by atoms with Crippen LogP contribution in [0.2, 0.25) is 0 Å². The zero-order chi connectivity index (χ0) is 16.4. The second-order valence-corrected chi connectivity index (χ2v) is 5.42. The summed E-state index contributed by atoms with van der Waals surface area (Å²) < 4.78 is 0. The van der Waals surface area contributed by atoms with Crippen LogP contribution in [-0.2, 0) is 0 Å². The minimum atomic E-state index is -0.445. The van der Waals surface area contributed by atoms with Gasteiger partial charge in [0.1, 0.15) is 5.82 Å². The molecule has 8 nitrogen and oxygen atoms in total. The van der Waals surface area contributed by atoms with Crippen LogP contribution in [0.5, 0.6) is 0 Å². The Morgan fingerprint density at radius 1 is 1.26 bits per heavy atom. The molecule has 118 valence electrons. The highest BCUT2D eigenvalue weighted by Gasteiger charge is 2.16. The van der Waals surface area contributed by atoms with Crippen molar-refractivity contribution in [2.45, 2.75) is 19.9 Å². The summed E-state index contributed by atoms with van der Waals surface area (Å²) in [5.74, 6) is 0.779. The van der Waals surface area contributed by atoms with Gasteiger partial charge in [0.15, 0.2) is 0 Å². The fourth-order valence-electron chi connectivity index (χ4n) is 2.22. The Bertz CT molecular complexity index is 858. The van der Waals surface area contributed by atoms with E-state index in [4.69, 9.17) is 0 Å². The van der Waals surface area contributed by atoms with Crippen LogP contribution in [0.15, 0.2) is 36.5 Å². The fourth-order valence-corrected chi connectivity index (χ4v) is 2.22. The molecule has 0 bridgehead atoms. The highest BCUT2D eigenvalue weighted by atomic mass is 16.6. The highest BCUT2D eigenvalue weighted by Crippen LogP contribution is 2.27. The Hall–Kier alpha value is -3.16. The number of anilines is 3. The number of nitro groups is 1. The minimum Gasteiger partial charge on any atom is -0.362 e. The van der Waals surface area contributed by atoms with Crippen molar-refractivity contribution in [2.24, 2.45) is 0 Å². The molecule has 0 aliphatic rings. The third-order valence-electron chi connectivity index (χ3n) is 3.21. The number of nitrogens with one attached hydrogen (secondary N) is 3. The van der Waals surface area contributed by atoms with E-state index < -0.39 is 4.92 Å². The first kappa shape index (κ1) is 14.8. The predicted octanol–water partition coefficient (Wildman–Crippen LogP) is 3.43. The summed E-state index contributed by atoms with van der Waals surface area (Å²) >= 11 is 0. The molecule has 0 radical (unpaired) electrons. The Balaban J connectivity index is 1.91. The van der Waals surface area contributed by atoms with Crippen molar-refractivity contribution in [3.8, 4) is 0 Å². The van der Waals surface area contributed by atoms with Gasteiger partial charge in [-0.05, 0) is 38.1 Å². The smallest absolute Gasteiger partial charge is 0.311 e. The van der Waals surface area contributed by atoms with Crippen molar-refractivity contribution in [2.75, 3.05) is 10.6 Å². The molecule has 1 aromatic carbocycles. The van der Waals surface area contributed by atoms with Crippen LogP contribution in [0.4, 0.5) is 23.0 Å².